The molecule has 0 unspecified atom stereocenters. The molecule has 3 nitrogen and oxygen atoms in total. The fraction of sp³-hybridized carbons (Fsp3) is 0.333. The first-order chi connectivity index (χ1) is 7.83. The van der Waals surface area contributed by atoms with Crippen molar-refractivity contribution in [1.29, 1.82) is 0 Å². The van der Waals surface area contributed by atoms with Crippen molar-refractivity contribution in [3.8, 4) is 10.6 Å². The van der Waals surface area contributed by atoms with Crippen LogP contribution in [0.15, 0.2) is 28.1 Å². The van der Waals surface area contributed by atoms with E-state index in [1.54, 1.807) is 17.4 Å². The molecular weight excluding hydrogens is 222 g/mol. The van der Waals surface area contributed by atoms with Gasteiger partial charge in [-0.05, 0) is 30.2 Å². The van der Waals surface area contributed by atoms with Crippen LogP contribution in [0, 0.1) is 5.92 Å². The van der Waals surface area contributed by atoms with Gasteiger partial charge in [-0.1, -0.05) is 11.2 Å². The second kappa shape index (κ2) is 3.87. The first-order valence-corrected chi connectivity index (χ1v) is 6.24. The highest BCUT2D eigenvalue weighted by Gasteiger charge is 2.26. The van der Waals surface area contributed by atoms with Gasteiger partial charge in [0.15, 0.2) is 11.5 Å². The maximum absolute atomic E-state index is 11.8. The topological polar surface area (TPSA) is 43.1 Å². The van der Waals surface area contributed by atoms with Crippen molar-refractivity contribution >= 4 is 17.1 Å². The number of ketones is 1. The normalized spacial score (nSPS) is 15.2. The minimum atomic E-state index is 0.106. The van der Waals surface area contributed by atoms with Gasteiger partial charge in [-0.2, -0.15) is 0 Å². The van der Waals surface area contributed by atoms with Crippen molar-refractivity contribution in [2.45, 2.75) is 19.3 Å². The number of carbonyl (C=O) groups is 1. The quantitative estimate of drug-likeness (QED) is 0.760. The molecule has 0 aromatic carbocycles. The summed E-state index contributed by atoms with van der Waals surface area (Å²) in [6.45, 7) is 0. The van der Waals surface area contributed by atoms with Crippen LogP contribution >= 0.6 is 11.3 Å². The van der Waals surface area contributed by atoms with E-state index < -0.39 is 0 Å². The average Bonchev–Trinajstić information content (AvgIpc) is 2.84. The maximum Gasteiger partial charge on any atom is 0.185 e. The third-order valence-corrected chi connectivity index (χ3v) is 3.62. The zero-order valence-corrected chi connectivity index (χ0v) is 9.50. The standard InChI is InChI=1S/C12H11NO2S/c14-10(6-8-3-4-8)9-7-11(15-13-9)12-2-1-5-16-12/h1-2,5,7-8H,3-4,6H2. The number of carbonyl (C=O) groups excluding carboxylic acids is 1. The summed E-state index contributed by atoms with van der Waals surface area (Å²) in [7, 11) is 0. The Morgan fingerprint density at radius 1 is 1.56 bits per heavy atom. The molecule has 2 aromatic rings. The molecule has 82 valence electrons. The van der Waals surface area contributed by atoms with E-state index in [-0.39, 0.29) is 5.78 Å². The number of hydrogen-bond donors (Lipinski definition) is 0. The van der Waals surface area contributed by atoms with Gasteiger partial charge >= 0.3 is 0 Å². The zero-order valence-electron chi connectivity index (χ0n) is 8.68. The van der Waals surface area contributed by atoms with Crippen LogP contribution < -0.4 is 0 Å². The van der Waals surface area contributed by atoms with Crippen LogP contribution in [0.4, 0.5) is 0 Å². The highest BCUT2D eigenvalue weighted by atomic mass is 32.1. The molecule has 0 bridgehead atoms. The van der Waals surface area contributed by atoms with E-state index in [1.807, 2.05) is 17.5 Å². The van der Waals surface area contributed by atoms with Crippen LogP contribution in [0.2, 0.25) is 0 Å². The van der Waals surface area contributed by atoms with Gasteiger partial charge in [0.1, 0.15) is 5.69 Å². The highest BCUT2D eigenvalue weighted by Crippen LogP contribution is 2.34. The summed E-state index contributed by atoms with van der Waals surface area (Å²) >= 11 is 1.58. The molecule has 1 aliphatic carbocycles. The second-order valence-corrected chi connectivity index (χ2v) is 5.07. The molecule has 2 aromatic heterocycles. The van der Waals surface area contributed by atoms with Gasteiger partial charge in [-0.15, -0.1) is 11.3 Å². The van der Waals surface area contributed by atoms with Gasteiger partial charge in [-0.25, -0.2) is 0 Å². The molecular formula is C12H11NO2S. The third kappa shape index (κ3) is 1.93. The molecule has 0 N–H and O–H groups in total. The van der Waals surface area contributed by atoms with Crippen molar-refractivity contribution in [3.63, 3.8) is 0 Å². The monoisotopic (exact) mass is 233 g/mol. The predicted molar refractivity (Wildman–Crippen MR) is 61.5 cm³/mol. The Hall–Kier alpha value is -1.42. The van der Waals surface area contributed by atoms with E-state index >= 15 is 0 Å². The van der Waals surface area contributed by atoms with Crippen LogP contribution in [0.25, 0.3) is 10.6 Å². The molecule has 0 spiro atoms. The average molecular weight is 233 g/mol. The highest BCUT2D eigenvalue weighted by molar-refractivity contribution is 7.13. The van der Waals surface area contributed by atoms with E-state index in [1.165, 1.54) is 12.8 Å². The van der Waals surface area contributed by atoms with Crippen LogP contribution in [0.5, 0.6) is 0 Å². The summed E-state index contributed by atoms with van der Waals surface area (Å²) < 4.78 is 5.17. The molecule has 0 radical (unpaired) electrons. The fourth-order valence-corrected chi connectivity index (χ4v) is 2.30. The minimum Gasteiger partial charge on any atom is -0.355 e. The van der Waals surface area contributed by atoms with Crippen LogP contribution in [-0.2, 0) is 0 Å². The number of Topliss-reactive ketones (excluding diaryl/α,β-unsaturated/α-hetero) is 1. The third-order valence-electron chi connectivity index (χ3n) is 2.73. The predicted octanol–water partition coefficient (Wildman–Crippen LogP) is 3.39. The van der Waals surface area contributed by atoms with Crippen molar-refractivity contribution in [2.75, 3.05) is 0 Å². The number of rotatable bonds is 4. The van der Waals surface area contributed by atoms with Crippen molar-refractivity contribution in [2.24, 2.45) is 5.92 Å². The molecule has 2 heterocycles. The van der Waals surface area contributed by atoms with Gasteiger partial charge in [0.25, 0.3) is 0 Å². The minimum absolute atomic E-state index is 0.106. The van der Waals surface area contributed by atoms with E-state index in [2.05, 4.69) is 5.16 Å². The van der Waals surface area contributed by atoms with E-state index in [4.69, 9.17) is 4.52 Å². The zero-order chi connectivity index (χ0) is 11.0. The molecule has 0 atom stereocenters. The SMILES string of the molecule is O=C(CC1CC1)c1cc(-c2cccs2)on1. The van der Waals surface area contributed by atoms with E-state index in [9.17, 15) is 4.79 Å². The molecule has 16 heavy (non-hydrogen) atoms. The maximum atomic E-state index is 11.8. The van der Waals surface area contributed by atoms with Gasteiger partial charge in [0, 0.05) is 12.5 Å². The van der Waals surface area contributed by atoms with E-state index in [0.29, 0.717) is 23.8 Å². The Kier molecular flexibility index (Phi) is 2.36. The summed E-state index contributed by atoms with van der Waals surface area (Å²) in [6.07, 6.45) is 2.99. The Bertz CT molecular complexity index is 497. The summed E-state index contributed by atoms with van der Waals surface area (Å²) in [5.41, 5.74) is 0.468. The van der Waals surface area contributed by atoms with Gasteiger partial charge in [0.2, 0.25) is 0 Å². The molecule has 1 fully saturated rings. The Morgan fingerprint density at radius 3 is 3.12 bits per heavy atom. The van der Waals surface area contributed by atoms with Gasteiger partial charge in [0.05, 0.1) is 4.88 Å². The number of thiophene rings is 1. The summed E-state index contributed by atoms with van der Waals surface area (Å²) in [5, 5.41) is 5.81. The number of hydrogen-bond acceptors (Lipinski definition) is 4. The molecule has 4 heteroatoms. The number of aromatic nitrogens is 1. The lowest BCUT2D eigenvalue weighted by atomic mass is 10.1. The van der Waals surface area contributed by atoms with Crippen molar-refractivity contribution < 1.29 is 9.32 Å². The summed E-state index contributed by atoms with van der Waals surface area (Å²) in [6, 6.07) is 5.66. The van der Waals surface area contributed by atoms with Gasteiger partial charge < -0.3 is 4.52 Å². The Balaban J connectivity index is 1.79. The fourth-order valence-electron chi connectivity index (χ4n) is 1.63. The van der Waals surface area contributed by atoms with Crippen molar-refractivity contribution in [3.05, 3.63) is 29.3 Å². The van der Waals surface area contributed by atoms with Gasteiger partial charge in [-0.3, -0.25) is 4.79 Å². The molecule has 0 aliphatic heterocycles. The lowest BCUT2D eigenvalue weighted by Crippen LogP contribution is -1.99. The van der Waals surface area contributed by atoms with Crippen LogP contribution in [0.3, 0.4) is 0 Å². The second-order valence-electron chi connectivity index (χ2n) is 4.12. The Labute approximate surface area is 97.1 Å². The smallest absolute Gasteiger partial charge is 0.185 e. The van der Waals surface area contributed by atoms with Crippen LogP contribution in [0.1, 0.15) is 29.8 Å². The van der Waals surface area contributed by atoms with E-state index in [0.717, 1.165) is 4.88 Å². The largest absolute Gasteiger partial charge is 0.355 e. The first kappa shape index (κ1) is 9.78. The summed E-state index contributed by atoms with van der Waals surface area (Å²) in [5.74, 6) is 1.39. The number of nitrogens with zero attached hydrogens (tertiary/aromatic N) is 1. The molecule has 0 amide bonds. The first-order valence-electron chi connectivity index (χ1n) is 5.37. The molecule has 1 aliphatic rings. The molecule has 0 saturated heterocycles. The lowest BCUT2D eigenvalue weighted by Gasteiger charge is -1.90. The molecule has 3 rings (SSSR count). The van der Waals surface area contributed by atoms with Crippen LogP contribution in [-0.4, -0.2) is 10.9 Å². The summed E-state index contributed by atoms with van der Waals surface area (Å²) in [4.78, 5) is 12.8. The van der Waals surface area contributed by atoms with Crippen molar-refractivity contribution in [1.82, 2.24) is 5.16 Å². The Morgan fingerprint density at radius 2 is 2.44 bits per heavy atom. The lowest BCUT2D eigenvalue weighted by molar-refractivity contribution is 0.0967. The molecule has 1 saturated carbocycles.